The summed E-state index contributed by atoms with van der Waals surface area (Å²) in [4.78, 5) is 24.8. The number of carbonyl (C=O) groups is 1. The van der Waals surface area contributed by atoms with E-state index in [1.54, 1.807) is 11.8 Å². The molecule has 3 heterocycles. The molecule has 1 saturated heterocycles. The zero-order valence-corrected chi connectivity index (χ0v) is 16.2. The third-order valence-corrected chi connectivity index (χ3v) is 4.96. The Morgan fingerprint density at radius 1 is 1.14 bits per heavy atom. The number of methoxy groups -OCH3 is 1. The molecule has 0 saturated carbocycles. The van der Waals surface area contributed by atoms with Crippen molar-refractivity contribution >= 4 is 34.5 Å². The average molecular weight is 402 g/mol. The van der Waals surface area contributed by atoms with Crippen LogP contribution in [0.15, 0.2) is 30.6 Å². The summed E-state index contributed by atoms with van der Waals surface area (Å²) in [6.45, 7) is 2.62. The Hall–Kier alpha value is -2.94. The van der Waals surface area contributed by atoms with Gasteiger partial charge in [-0.05, 0) is 24.3 Å². The SMILES string of the molecule is COc1ccc(-n2nnc3c(N4CCN(C(=O)CCCl)CC4)ncnc32)cc1. The van der Waals surface area contributed by atoms with Crippen LogP contribution in [0.25, 0.3) is 16.9 Å². The zero-order valence-electron chi connectivity index (χ0n) is 15.5. The van der Waals surface area contributed by atoms with Crippen molar-refractivity contribution in [2.75, 3.05) is 44.1 Å². The number of rotatable bonds is 5. The number of fused-ring (bicyclic) bond motifs is 1. The lowest BCUT2D eigenvalue weighted by Gasteiger charge is -2.35. The lowest BCUT2D eigenvalue weighted by Crippen LogP contribution is -2.49. The van der Waals surface area contributed by atoms with Crippen LogP contribution in [0.5, 0.6) is 5.75 Å². The molecule has 0 N–H and O–H groups in total. The van der Waals surface area contributed by atoms with Gasteiger partial charge in [-0.15, -0.1) is 16.7 Å². The van der Waals surface area contributed by atoms with Crippen LogP contribution in [-0.2, 0) is 4.79 Å². The lowest BCUT2D eigenvalue weighted by atomic mass is 10.2. The first-order valence-corrected chi connectivity index (χ1v) is 9.54. The van der Waals surface area contributed by atoms with E-state index in [9.17, 15) is 4.79 Å². The summed E-state index contributed by atoms with van der Waals surface area (Å²) >= 11 is 5.68. The number of benzene rings is 1. The standard InChI is InChI=1S/C18H20ClN7O2/c1-28-14-4-2-13(3-5-14)26-18-16(22-23-26)17(20-12-21-18)25-10-8-24(9-11-25)15(27)6-7-19/h2-5,12H,6-11H2,1H3. The number of alkyl halides is 1. The number of carbonyl (C=O) groups excluding carboxylic acids is 1. The van der Waals surface area contributed by atoms with E-state index in [1.165, 1.54) is 6.33 Å². The van der Waals surface area contributed by atoms with Crippen molar-refractivity contribution in [3.8, 4) is 11.4 Å². The molecule has 2 aromatic heterocycles. The van der Waals surface area contributed by atoms with Crippen molar-refractivity contribution in [2.24, 2.45) is 0 Å². The van der Waals surface area contributed by atoms with Gasteiger partial charge in [0, 0.05) is 38.5 Å². The monoisotopic (exact) mass is 401 g/mol. The van der Waals surface area contributed by atoms with Gasteiger partial charge < -0.3 is 14.5 Å². The first kappa shape index (κ1) is 18.4. The minimum atomic E-state index is 0.0907. The molecule has 146 valence electrons. The highest BCUT2D eigenvalue weighted by atomic mass is 35.5. The fraction of sp³-hybridized carbons (Fsp3) is 0.389. The van der Waals surface area contributed by atoms with Crippen molar-refractivity contribution in [3.05, 3.63) is 30.6 Å². The van der Waals surface area contributed by atoms with E-state index in [2.05, 4.69) is 25.2 Å². The number of piperazine rings is 1. The maximum absolute atomic E-state index is 12.0. The maximum Gasteiger partial charge on any atom is 0.223 e. The normalized spacial score (nSPS) is 14.5. The second-order valence-corrected chi connectivity index (χ2v) is 6.75. The van der Waals surface area contributed by atoms with Gasteiger partial charge in [0.05, 0.1) is 12.8 Å². The third-order valence-electron chi connectivity index (χ3n) is 4.78. The summed E-state index contributed by atoms with van der Waals surface area (Å²) in [5.41, 5.74) is 2.11. The Kier molecular flexibility index (Phi) is 5.25. The van der Waals surface area contributed by atoms with Crippen LogP contribution in [0.2, 0.25) is 0 Å². The highest BCUT2D eigenvalue weighted by Crippen LogP contribution is 2.24. The van der Waals surface area contributed by atoms with E-state index < -0.39 is 0 Å². The molecular formula is C18H20ClN7O2. The Balaban J connectivity index is 1.58. The fourth-order valence-corrected chi connectivity index (χ4v) is 3.43. The van der Waals surface area contributed by atoms with Crippen LogP contribution in [-0.4, -0.2) is 74.9 Å². The fourth-order valence-electron chi connectivity index (χ4n) is 3.27. The van der Waals surface area contributed by atoms with Crippen LogP contribution in [0, 0.1) is 0 Å². The zero-order chi connectivity index (χ0) is 19.5. The molecule has 3 aromatic rings. The Bertz CT molecular complexity index is 968. The van der Waals surface area contributed by atoms with Gasteiger partial charge >= 0.3 is 0 Å². The maximum atomic E-state index is 12.0. The molecule has 1 aliphatic heterocycles. The molecule has 9 nitrogen and oxygen atoms in total. The first-order chi connectivity index (χ1) is 13.7. The van der Waals surface area contributed by atoms with E-state index >= 15 is 0 Å². The van der Waals surface area contributed by atoms with Crippen molar-refractivity contribution in [3.63, 3.8) is 0 Å². The number of nitrogens with zero attached hydrogens (tertiary/aromatic N) is 7. The summed E-state index contributed by atoms with van der Waals surface area (Å²) in [5.74, 6) is 1.94. The van der Waals surface area contributed by atoms with Crippen molar-refractivity contribution < 1.29 is 9.53 Å². The number of hydrogen-bond donors (Lipinski definition) is 0. The van der Waals surface area contributed by atoms with Crippen LogP contribution in [0.3, 0.4) is 0 Å². The molecule has 10 heteroatoms. The van der Waals surface area contributed by atoms with Gasteiger partial charge in [-0.2, -0.15) is 4.68 Å². The van der Waals surface area contributed by atoms with E-state index in [4.69, 9.17) is 16.3 Å². The van der Waals surface area contributed by atoms with Crippen molar-refractivity contribution in [1.82, 2.24) is 29.9 Å². The highest BCUT2D eigenvalue weighted by molar-refractivity contribution is 6.18. The second kappa shape index (κ2) is 7.97. The summed E-state index contributed by atoms with van der Waals surface area (Å²) < 4.78 is 6.88. The second-order valence-electron chi connectivity index (χ2n) is 6.38. The molecule has 0 radical (unpaired) electrons. The minimum absolute atomic E-state index is 0.0907. The quantitative estimate of drug-likeness (QED) is 0.598. The molecule has 1 aliphatic rings. The van der Waals surface area contributed by atoms with Gasteiger partial charge in [0.1, 0.15) is 12.1 Å². The topological polar surface area (TPSA) is 89.3 Å². The lowest BCUT2D eigenvalue weighted by molar-refractivity contribution is -0.131. The number of halogens is 1. The van der Waals surface area contributed by atoms with Gasteiger partial charge in [0.25, 0.3) is 0 Å². The number of aromatic nitrogens is 5. The average Bonchev–Trinajstić information content (AvgIpc) is 3.18. The predicted octanol–water partition coefficient (Wildman–Crippen LogP) is 1.50. The van der Waals surface area contributed by atoms with Crippen LogP contribution >= 0.6 is 11.6 Å². The van der Waals surface area contributed by atoms with Gasteiger partial charge in [-0.25, -0.2) is 9.97 Å². The molecule has 4 rings (SSSR count). The van der Waals surface area contributed by atoms with Crippen molar-refractivity contribution in [2.45, 2.75) is 6.42 Å². The molecule has 0 spiro atoms. The van der Waals surface area contributed by atoms with Gasteiger partial charge in [0.15, 0.2) is 17.0 Å². The predicted molar refractivity (Wildman–Crippen MR) is 105 cm³/mol. The van der Waals surface area contributed by atoms with Crippen molar-refractivity contribution in [1.29, 1.82) is 0 Å². The minimum Gasteiger partial charge on any atom is -0.497 e. The summed E-state index contributed by atoms with van der Waals surface area (Å²) in [6, 6.07) is 7.52. The molecule has 1 aromatic carbocycles. The number of ether oxygens (including phenoxy) is 1. The Labute approximate surface area is 166 Å². The molecule has 0 aliphatic carbocycles. The summed E-state index contributed by atoms with van der Waals surface area (Å²) in [6.07, 6.45) is 1.89. The highest BCUT2D eigenvalue weighted by Gasteiger charge is 2.24. The van der Waals surface area contributed by atoms with Gasteiger partial charge in [-0.3, -0.25) is 4.79 Å². The van der Waals surface area contributed by atoms with E-state index in [0.717, 1.165) is 17.3 Å². The summed E-state index contributed by atoms with van der Waals surface area (Å²) in [5, 5.41) is 8.57. The molecule has 1 amide bonds. The van der Waals surface area contributed by atoms with Gasteiger partial charge in [-0.1, -0.05) is 5.21 Å². The Morgan fingerprint density at radius 3 is 2.57 bits per heavy atom. The molecular weight excluding hydrogens is 382 g/mol. The van der Waals surface area contributed by atoms with Crippen LogP contribution in [0.1, 0.15) is 6.42 Å². The third kappa shape index (κ3) is 3.45. The number of amides is 1. The van der Waals surface area contributed by atoms with E-state index in [-0.39, 0.29) is 5.91 Å². The molecule has 0 bridgehead atoms. The number of anilines is 1. The van der Waals surface area contributed by atoms with Crippen LogP contribution in [0.4, 0.5) is 5.82 Å². The molecule has 1 fully saturated rings. The molecule has 0 unspecified atom stereocenters. The summed E-state index contributed by atoms with van der Waals surface area (Å²) in [7, 11) is 1.63. The first-order valence-electron chi connectivity index (χ1n) is 9.01. The molecule has 0 atom stereocenters. The van der Waals surface area contributed by atoms with E-state index in [0.29, 0.717) is 49.6 Å². The largest absolute Gasteiger partial charge is 0.497 e. The Morgan fingerprint density at radius 2 is 1.89 bits per heavy atom. The molecule has 28 heavy (non-hydrogen) atoms. The smallest absolute Gasteiger partial charge is 0.223 e. The van der Waals surface area contributed by atoms with E-state index in [1.807, 2.05) is 29.2 Å². The number of hydrogen-bond acceptors (Lipinski definition) is 7. The van der Waals surface area contributed by atoms with Crippen LogP contribution < -0.4 is 9.64 Å². The van der Waals surface area contributed by atoms with Gasteiger partial charge in [0.2, 0.25) is 5.91 Å².